The number of nitrogens with zero attached hydrogens (tertiary/aromatic N) is 2. The summed E-state index contributed by atoms with van der Waals surface area (Å²) in [4.78, 5) is 7.43. The highest BCUT2D eigenvalue weighted by Crippen LogP contribution is 2.16. The van der Waals surface area contributed by atoms with E-state index < -0.39 is 5.82 Å². The summed E-state index contributed by atoms with van der Waals surface area (Å²) >= 11 is 6.83. The van der Waals surface area contributed by atoms with Crippen molar-refractivity contribution >= 4 is 23.4 Å². The van der Waals surface area contributed by atoms with E-state index in [9.17, 15) is 4.39 Å². The van der Waals surface area contributed by atoms with E-state index in [0.717, 1.165) is 11.9 Å². The van der Waals surface area contributed by atoms with Crippen LogP contribution < -0.4 is 0 Å². The van der Waals surface area contributed by atoms with Crippen LogP contribution in [-0.4, -0.2) is 15.7 Å². The average molecular weight is 193 g/mol. The van der Waals surface area contributed by atoms with Crippen molar-refractivity contribution in [1.82, 2.24) is 9.97 Å². The van der Waals surface area contributed by atoms with Crippen LogP contribution in [0.5, 0.6) is 0 Å². The normalized spacial score (nSPS) is 10.1. The molecule has 0 aliphatic rings. The lowest BCUT2D eigenvalue weighted by Crippen LogP contribution is -1.89. The molecule has 0 N–H and O–H groups in total. The largest absolute Gasteiger partial charge is 0.228 e. The summed E-state index contributed by atoms with van der Waals surface area (Å²) in [5, 5.41) is 0.398. The van der Waals surface area contributed by atoms with Gasteiger partial charge >= 0.3 is 0 Å². The van der Waals surface area contributed by atoms with Gasteiger partial charge in [0, 0.05) is 0 Å². The monoisotopic (exact) mass is 192 g/mol. The molecule has 0 amide bonds. The highest BCUT2D eigenvalue weighted by Gasteiger charge is 2.02. The van der Waals surface area contributed by atoms with Gasteiger partial charge in [0.2, 0.25) is 0 Å². The second-order valence-corrected chi connectivity index (χ2v) is 3.31. The summed E-state index contributed by atoms with van der Waals surface area (Å²) < 4.78 is 12.5. The number of halogens is 2. The molecule has 0 spiro atoms. The van der Waals surface area contributed by atoms with E-state index in [1.54, 1.807) is 0 Å². The summed E-state index contributed by atoms with van der Waals surface area (Å²) in [5.74, 6) is 0.272. The second kappa shape index (κ2) is 3.88. The molecule has 2 nitrogen and oxygen atoms in total. The predicted octanol–water partition coefficient (Wildman–Crippen LogP) is 2.38. The van der Waals surface area contributed by atoms with E-state index in [-0.39, 0.29) is 5.15 Å². The van der Waals surface area contributed by atoms with E-state index in [1.807, 2.05) is 6.92 Å². The standard InChI is InChI=1S/C6H6ClFN2S/c1-2-11-6-9-3-4(8)5(7)10-6/h3H,2H2,1H3. The third kappa shape index (κ3) is 2.31. The van der Waals surface area contributed by atoms with Gasteiger partial charge in [-0.25, -0.2) is 14.4 Å². The number of aromatic nitrogens is 2. The van der Waals surface area contributed by atoms with Crippen LogP contribution in [0.3, 0.4) is 0 Å². The fraction of sp³-hybridized carbons (Fsp3) is 0.333. The molecule has 5 heteroatoms. The van der Waals surface area contributed by atoms with Crippen LogP contribution in [0, 0.1) is 5.82 Å². The third-order valence-electron chi connectivity index (χ3n) is 0.953. The molecule has 0 bridgehead atoms. The second-order valence-electron chi connectivity index (χ2n) is 1.72. The quantitative estimate of drug-likeness (QED) is 0.409. The molecule has 0 aliphatic carbocycles. The maximum atomic E-state index is 12.5. The smallest absolute Gasteiger partial charge is 0.189 e. The van der Waals surface area contributed by atoms with Crippen LogP contribution in [0.15, 0.2) is 11.4 Å². The molecule has 1 rings (SSSR count). The molecule has 1 aromatic rings. The minimum atomic E-state index is -0.577. The lowest BCUT2D eigenvalue weighted by molar-refractivity contribution is 0.606. The van der Waals surface area contributed by atoms with Crippen LogP contribution in [0.1, 0.15) is 6.92 Å². The third-order valence-corrected chi connectivity index (χ3v) is 1.96. The highest BCUT2D eigenvalue weighted by atomic mass is 35.5. The van der Waals surface area contributed by atoms with Gasteiger partial charge in [-0.15, -0.1) is 0 Å². The van der Waals surface area contributed by atoms with Crippen molar-refractivity contribution in [3.63, 3.8) is 0 Å². The van der Waals surface area contributed by atoms with E-state index in [2.05, 4.69) is 9.97 Å². The van der Waals surface area contributed by atoms with E-state index in [4.69, 9.17) is 11.6 Å². The van der Waals surface area contributed by atoms with Crippen molar-refractivity contribution in [3.05, 3.63) is 17.2 Å². The molecule has 11 heavy (non-hydrogen) atoms. The van der Waals surface area contributed by atoms with E-state index in [1.165, 1.54) is 11.8 Å². The van der Waals surface area contributed by atoms with Gasteiger partial charge in [-0.3, -0.25) is 0 Å². The summed E-state index contributed by atoms with van der Waals surface area (Å²) in [6.45, 7) is 1.96. The first-order valence-corrected chi connectivity index (χ1v) is 4.41. The first-order valence-electron chi connectivity index (χ1n) is 3.05. The Bertz CT molecular complexity index is 256. The average Bonchev–Trinajstić information content (AvgIpc) is 1.98. The van der Waals surface area contributed by atoms with Crippen LogP contribution >= 0.6 is 23.4 Å². The van der Waals surface area contributed by atoms with Crippen LogP contribution in [0.2, 0.25) is 5.15 Å². The molecule has 0 saturated carbocycles. The van der Waals surface area contributed by atoms with Crippen molar-refractivity contribution in [2.45, 2.75) is 12.1 Å². The van der Waals surface area contributed by atoms with Gasteiger partial charge in [-0.05, 0) is 5.75 Å². The summed E-state index contributed by atoms with van der Waals surface area (Å²) in [6.07, 6.45) is 1.08. The Morgan fingerprint density at radius 1 is 1.73 bits per heavy atom. The number of rotatable bonds is 2. The topological polar surface area (TPSA) is 25.8 Å². The molecular formula is C6H6ClFN2S. The SMILES string of the molecule is CCSc1ncc(F)c(Cl)n1. The van der Waals surface area contributed by atoms with Gasteiger partial charge in [0.25, 0.3) is 0 Å². The molecule has 0 radical (unpaired) electrons. The summed E-state index contributed by atoms with van der Waals surface area (Å²) in [6, 6.07) is 0. The first kappa shape index (κ1) is 8.74. The molecule has 60 valence electrons. The predicted molar refractivity (Wildman–Crippen MR) is 43.4 cm³/mol. The molecule has 0 saturated heterocycles. The minimum Gasteiger partial charge on any atom is -0.228 e. The van der Waals surface area contributed by atoms with E-state index >= 15 is 0 Å². The van der Waals surface area contributed by atoms with Gasteiger partial charge in [0.1, 0.15) is 0 Å². The Hall–Kier alpha value is -0.350. The fourth-order valence-electron chi connectivity index (χ4n) is 0.530. The number of thioether (sulfide) groups is 1. The van der Waals surface area contributed by atoms with Crippen molar-refractivity contribution in [2.24, 2.45) is 0 Å². The lowest BCUT2D eigenvalue weighted by atomic mass is 10.6. The van der Waals surface area contributed by atoms with Crippen molar-refractivity contribution in [1.29, 1.82) is 0 Å². The van der Waals surface area contributed by atoms with Gasteiger partial charge < -0.3 is 0 Å². The van der Waals surface area contributed by atoms with Gasteiger partial charge in [-0.1, -0.05) is 30.3 Å². The molecule has 0 unspecified atom stereocenters. The van der Waals surface area contributed by atoms with Crippen molar-refractivity contribution < 1.29 is 4.39 Å². The van der Waals surface area contributed by atoms with Crippen LogP contribution in [0.25, 0.3) is 0 Å². The maximum absolute atomic E-state index is 12.5. The molecule has 1 heterocycles. The highest BCUT2D eigenvalue weighted by molar-refractivity contribution is 7.99. The molecule has 0 aromatic carbocycles. The minimum absolute atomic E-state index is 0.115. The van der Waals surface area contributed by atoms with Gasteiger partial charge in [0.05, 0.1) is 6.20 Å². The molecular weight excluding hydrogens is 187 g/mol. The summed E-state index contributed by atoms with van der Waals surface area (Å²) in [5.41, 5.74) is 0. The van der Waals surface area contributed by atoms with Crippen molar-refractivity contribution in [2.75, 3.05) is 5.75 Å². The van der Waals surface area contributed by atoms with Crippen LogP contribution in [0.4, 0.5) is 4.39 Å². The van der Waals surface area contributed by atoms with Gasteiger partial charge in [-0.2, -0.15) is 0 Å². The number of hydrogen-bond donors (Lipinski definition) is 0. The maximum Gasteiger partial charge on any atom is 0.189 e. The Balaban J connectivity index is 2.86. The molecule has 1 aromatic heterocycles. The zero-order valence-electron chi connectivity index (χ0n) is 5.84. The number of hydrogen-bond acceptors (Lipinski definition) is 3. The first-order chi connectivity index (χ1) is 5.24. The summed E-state index contributed by atoms with van der Waals surface area (Å²) in [7, 11) is 0. The molecule has 0 atom stereocenters. The Morgan fingerprint density at radius 2 is 2.45 bits per heavy atom. The zero-order chi connectivity index (χ0) is 8.27. The Labute approximate surface area is 73.2 Å². The van der Waals surface area contributed by atoms with Crippen molar-refractivity contribution in [3.8, 4) is 0 Å². The molecule has 0 fully saturated rings. The Morgan fingerprint density at radius 3 is 3.00 bits per heavy atom. The Kier molecular flexibility index (Phi) is 3.08. The lowest BCUT2D eigenvalue weighted by Gasteiger charge is -1.96. The molecule has 0 aliphatic heterocycles. The fourth-order valence-corrected chi connectivity index (χ4v) is 1.25. The zero-order valence-corrected chi connectivity index (χ0v) is 7.42. The van der Waals surface area contributed by atoms with E-state index in [0.29, 0.717) is 5.16 Å². The van der Waals surface area contributed by atoms with Gasteiger partial charge in [0.15, 0.2) is 16.1 Å². The van der Waals surface area contributed by atoms with Crippen LogP contribution in [-0.2, 0) is 0 Å².